The van der Waals surface area contributed by atoms with Gasteiger partial charge in [0.2, 0.25) is 5.91 Å². The van der Waals surface area contributed by atoms with E-state index in [9.17, 15) is 13.2 Å². The van der Waals surface area contributed by atoms with E-state index >= 15 is 0 Å². The third kappa shape index (κ3) is 6.07. The van der Waals surface area contributed by atoms with Gasteiger partial charge in [0.1, 0.15) is 6.54 Å². The summed E-state index contributed by atoms with van der Waals surface area (Å²) in [6.45, 7) is 5.03. The maximum atomic E-state index is 13.6. The quantitative estimate of drug-likeness (QED) is 0.430. The van der Waals surface area contributed by atoms with Gasteiger partial charge in [0, 0.05) is 5.02 Å². The molecule has 0 aliphatic rings. The minimum atomic E-state index is -4.05. The zero-order chi connectivity index (χ0) is 25.8. The van der Waals surface area contributed by atoms with Crippen LogP contribution in [-0.2, 0) is 14.8 Å². The minimum Gasteiger partial charge on any atom is -0.493 e. The van der Waals surface area contributed by atoms with Crippen LogP contribution in [0.4, 0.5) is 5.69 Å². The lowest BCUT2D eigenvalue weighted by molar-refractivity contribution is -0.120. The summed E-state index contributed by atoms with van der Waals surface area (Å²) in [4.78, 5) is 13.2. The Kier molecular flexibility index (Phi) is 8.30. The second kappa shape index (κ2) is 11.0. The van der Waals surface area contributed by atoms with Crippen molar-refractivity contribution >= 4 is 33.2 Å². The molecule has 3 rings (SSSR count). The van der Waals surface area contributed by atoms with Crippen molar-refractivity contribution < 1.29 is 22.7 Å². The first-order valence-corrected chi connectivity index (χ1v) is 12.8. The highest BCUT2D eigenvalue weighted by Crippen LogP contribution is 2.31. The number of anilines is 1. The van der Waals surface area contributed by atoms with E-state index in [4.69, 9.17) is 21.1 Å². The number of benzene rings is 3. The topological polar surface area (TPSA) is 84.9 Å². The summed E-state index contributed by atoms with van der Waals surface area (Å²) in [6, 6.07) is 16.4. The molecule has 0 aromatic heterocycles. The van der Waals surface area contributed by atoms with Crippen LogP contribution < -0.4 is 19.1 Å². The van der Waals surface area contributed by atoms with Crippen molar-refractivity contribution in [2.45, 2.75) is 31.7 Å². The third-order valence-electron chi connectivity index (χ3n) is 5.62. The molecule has 7 nitrogen and oxygen atoms in total. The van der Waals surface area contributed by atoms with Crippen molar-refractivity contribution in [1.29, 1.82) is 0 Å². The van der Waals surface area contributed by atoms with Crippen molar-refractivity contribution in [2.24, 2.45) is 0 Å². The molecule has 1 N–H and O–H groups in total. The monoisotopic (exact) mass is 516 g/mol. The van der Waals surface area contributed by atoms with Crippen LogP contribution in [0.2, 0.25) is 5.02 Å². The van der Waals surface area contributed by atoms with E-state index in [2.05, 4.69) is 5.32 Å². The Morgan fingerprint density at radius 1 is 0.971 bits per heavy atom. The highest BCUT2D eigenvalue weighted by molar-refractivity contribution is 7.92. The molecule has 1 amide bonds. The molecule has 9 heteroatoms. The van der Waals surface area contributed by atoms with Gasteiger partial charge in [-0.25, -0.2) is 8.42 Å². The number of carbonyl (C=O) groups is 1. The van der Waals surface area contributed by atoms with Crippen molar-refractivity contribution in [3.05, 3.63) is 82.4 Å². The molecule has 3 aromatic rings. The maximum absolute atomic E-state index is 13.6. The molecule has 0 fully saturated rings. The number of nitrogens with one attached hydrogen (secondary N) is 1. The van der Waals surface area contributed by atoms with E-state index in [-0.39, 0.29) is 4.90 Å². The van der Waals surface area contributed by atoms with Crippen LogP contribution in [-0.4, -0.2) is 35.1 Å². The van der Waals surface area contributed by atoms with E-state index in [0.29, 0.717) is 27.8 Å². The average molecular weight is 517 g/mol. The van der Waals surface area contributed by atoms with Crippen LogP contribution in [0.25, 0.3) is 0 Å². The summed E-state index contributed by atoms with van der Waals surface area (Å²) in [5, 5.41) is 3.25. The Labute approximate surface area is 211 Å². The first-order chi connectivity index (χ1) is 16.6. The number of amides is 1. The zero-order valence-corrected chi connectivity index (χ0v) is 21.9. The molecule has 0 unspecified atom stereocenters. The van der Waals surface area contributed by atoms with E-state index in [1.807, 2.05) is 19.9 Å². The number of sulfonamides is 1. The molecule has 0 saturated carbocycles. The van der Waals surface area contributed by atoms with Crippen LogP contribution in [0.5, 0.6) is 11.5 Å². The number of halogens is 1. The zero-order valence-electron chi connectivity index (χ0n) is 20.3. The second-order valence-electron chi connectivity index (χ2n) is 8.16. The molecule has 0 spiro atoms. The molecule has 3 aromatic carbocycles. The number of ether oxygens (including phenoxy) is 2. The van der Waals surface area contributed by atoms with Crippen LogP contribution in [0.1, 0.15) is 29.7 Å². The average Bonchev–Trinajstić information content (AvgIpc) is 2.83. The number of rotatable bonds is 9. The second-order valence-corrected chi connectivity index (χ2v) is 10.5. The van der Waals surface area contributed by atoms with Crippen LogP contribution in [0.3, 0.4) is 0 Å². The number of hydrogen-bond acceptors (Lipinski definition) is 5. The fraction of sp³-hybridized carbons (Fsp3) is 0.269. The third-order valence-corrected chi connectivity index (χ3v) is 7.63. The van der Waals surface area contributed by atoms with E-state index in [0.717, 1.165) is 15.4 Å². The number of hydrogen-bond donors (Lipinski definition) is 1. The maximum Gasteiger partial charge on any atom is 0.264 e. The summed E-state index contributed by atoms with van der Waals surface area (Å²) >= 11 is 6.19. The minimum absolute atomic E-state index is 0.0863. The van der Waals surface area contributed by atoms with Gasteiger partial charge in [0.15, 0.2) is 11.5 Å². The molecule has 0 saturated heterocycles. The van der Waals surface area contributed by atoms with Gasteiger partial charge in [-0.1, -0.05) is 41.4 Å². The van der Waals surface area contributed by atoms with Gasteiger partial charge in [-0.15, -0.1) is 0 Å². The highest BCUT2D eigenvalue weighted by Gasteiger charge is 2.29. The molecule has 0 aliphatic heterocycles. The first-order valence-electron chi connectivity index (χ1n) is 10.9. The number of carbonyl (C=O) groups excluding carboxylic acids is 1. The van der Waals surface area contributed by atoms with Crippen LogP contribution >= 0.6 is 11.6 Å². The Bertz CT molecular complexity index is 1310. The molecule has 35 heavy (non-hydrogen) atoms. The van der Waals surface area contributed by atoms with Gasteiger partial charge >= 0.3 is 0 Å². The van der Waals surface area contributed by atoms with Crippen LogP contribution in [0, 0.1) is 13.8 Å². The highest BCUT2D eigenvalue weighted by atomic mass is 35.5. The van der Waals surface area contributed by atoms with Crippen molar-refractivity contribution in [2.75, 3.05) is 25.1 Å². The predicted octanol–water partition coefficient (Wildman–Crippen LogP) is 5.05. The molecule has 1 atom stereocenters. The first kappa shape index (κ1) is 26.4. The van der Waals surface area contributed by atoms with Gasteiger partial charge in [-0.2, -0.15) is 0 Å². The number of aryl methyl sites for hydroxylation is 2. The normalized spacial score (nSPS) is 12.1. The molecular weight excluding hydrogens is 488 g/mol. The number of nitrogens with zero attached hydrogens (tertiary/aromatic N) is 1. The lowest BCUT2D eigenvalue weighted by Gasteiger charge is -2.27. The SMILES string of the molecule is COc1ccc([C@H](C)NC(=O)CN(c2cc(Cl)ccc2C)S(=O)(=O)c2ccc(C)cc2)cc1OC. The summed E-state index contributed by atoms with van der Waals surface area (Å²) < 4.78 is 39.0. The van der Waals surface area contributed by atoms with E-state index < -0.39 is 28.5 Å². The predicted molar refractivity (Wildman–Crippen MR) is 138 cm³/mol. The van der Waals surface area contributed by atoms with Crippen molar-refractivity contribution in [1.82, 2.24) is 5.32 Å². The lowest BCUT2D eigenvalue weighted by atomic mass is 10.1. The van der Waals surface area contributed by atoms with Gasteiger partial charge in [-0.3, -0.25) is 9.10 Å². The summed E-state index contributed by atoms with van der Waals surface area (Å²) in [6.07, 6.45) is 0. The van der Waals surface area contributed by atoms with Crippen molar-refractivity contribution in [3.8, 4) is 11.5 Å². The van der Waals surface area contributed by atoms with Crippen molar-refractivity contribution in [3.63, 3.8) is 0 Å². The molecule has 0 bridgehead atoms. The van der Waals surface area contributed by atoms with Crippen LogP contribution in [0.15, 0.2) is 65.6 Å². The smallest absolute Gasteiger partial charge is 0.264 e. The summed E-state index contributed by atoms with van der Waals surface area (Å²) in [5.41, 5.74) is 2.72. The Hall–Kier alpha value is -3.23. The van der Waals surface area contributed by atoms with Gasteiger partial charge < -0.3 is 14.8 Å². The van der Waals surface area contributed by atoms with Gasteiger partial charge in [0.25, 0.3) is 10.0 Å². The summed E-state index contributed by atoms with van der Waals surface area (Å²) in [7, 11) is -0.969. The summed E-state index contributed by atoms with van der Waals surface area (Å²) in [5.74, 6) is 0.633. The van der Waals surface area contributed by atoms with Gasteiger partial charge in [-0.05, 0) is 68.3 Å². The van der Waals surface area contributed by atoms with E-state index in [1.165, 1.54) is 19.2 Å². The Morgan fingerprint density at radius 3 is 2.26 bits per heavy atom. The largest absolute Gasteiger partial charge is 0.493 e. The van der Waals surface area contributed by atoms with Gasteiger partial charge in [0.05, 0.1) is 30.8 Å². The van der Waals surface area contributed by atoms with E-state index in [1.54, 1.807) is 56.5 Å². The fourth-order valence-corrected chi connectivity index (χ4v) is 5.26. The molecule has 186 valence electrons. The Balaban J connectivity index is 1.92. The number of methoxy groups -OCH3 is 2. The molecule has 0 aliphatic carbocycles. The molecular formula is C26H29ClN2O5S. The molecule has 0 radical (unpaired) electrons. The standard InChI is InChI=1S/C26H29ClN2O5S/c1-17-6-11-22(12-7-17)35(31,32)29(23-15-21(27)10-8-18(23)2)16-26(30)28-19(3)20-9-13-24(33-4)25(14-20)34-5/h6-15,19H,16H2,1-5H3,(H,28,30)/t19-/m0/s1. The lowest BCUT2D eigenvalue weighted by Crippen LogP contribution is -2.42. The fourth-order valence-electron chi connectivity index (χ4n) is 3.61. The Morgan fingerprint density at radius 2 is 1.63 bits per heavy atom. The molecule has 0 heterocycles.